The smallest absolute Gasteiger partial charge is 0.333 e. The van der Waals surface area contributed by atoms with E-state index in [0.29, 0.717) is 0 Å². The van der Waals surface area contributed by atoms with Gasteiger partial charge in [-0.05, 0) is 0 Å². The monoisotopic (exact) mass is 366 g/mol. The molecule has 0 amide bonds. The molecule has 0 aromatic rings. The maximum Gasteiger partial charge on any atom is 0.333 e. The number of esters is 4. The van der Waals surface area contributed by atoms with Crippen LogP contribution in [-0.4, -0.2) is 50.3 Å². The summed E-state index contributed by atoms with van der Waals surface area (Å²) in [5.74, 6) is -2.48. The Kier molecular flexibility index (Phi) is 12.5. The van der Waals surface area contributed by atoms with Crippen molar-refractivity contribution in [2.75, 3.05) is 26.4 Å². The molecule has 0 aromatic carbocycles. The molecule has 0 bridgehead atoms. The third-order valence-electron chi connectivity index (χ3n) is 2.69. The summed E-state index contributed by atoms with van der Waals surface area (Å²) >= 11 is 0. The van der Waals surface area contributed by atoms with Crippen molar-refractivity contribution in [2.45, 2.75) is 12.8 Å². The van der Waals surface area contributed by atoms with Gasteiger partial charge in [0.15, 0.2) is 0 Å². The van der Waals surface area contributed by atoms with Crippen molar-refractivity contribution >= 4 is 23.9 Å². The molecular weight excluding hydrogens is 344 g/mol. The lowest BCUT2D eigenvalue weighted by Gasteiger charge is -2.09. The van der Waals surface area contributed by atoms with E-state index in [1.807, 2.05) is 0 Å². The number of ether oxygens (including phenoxy) is 4. The van der Waals surface area contributed by atoms with Crippen LogP contribution in [0.2, 0.25) is 0 Å². The topological polar surface area (TPSA) is 105 Å². The van der Waals surface area contributed by atoms with Crippen molar-refractivity contribution in [3.8, 4) is 0 Å². The van der Waals surface area contributed by atoms with Crippen LogP contribution in [0.25, 0.3) is 0 Å². The molecule has 0 N–H and O–H groups in total. The van der Waals surface area contributed by atoms with Crippen molar-refractivity contribution in [1.29, 1.82) is 0 Å². The number of hydrogen-bond acceptors (Lipinski definition) is 8. The Morgan fingerprint density at radius 2 is 1.12 bits per heavy atom. The molecule has 0 aliphatic rings. The molecule has 0 aliphatic carbocycles. The molecule has 0 rings (SSSR count). The van der Waals surface area contributed by atoms with Gasteiger partial charge in [0.25, 0.3) is 0 Å². The minimum Gasteiger partial charge on any atom is -0.462 e. The Balaban J connectivity index is 4.54. The van der Waals surface area contributed by atoms with Crippen LogP contribution in [0.5, 0.6) is 0 Å². The van der Waals surface area contributed by atoms with Gasteiger partial charge in [-0.15, -0.1) is 0 Å². The molecule has 0 heterocycles. The summed E-state index contributed by atoms with van der Waals surface area (Å²) < 4.78 is 19.3. The van der Waals surface area contributed by atoms with Gasteiger partial charge in [-0.1, -0.05) is 25.8 Å². The Labute approximate surface area is 151 Å². The number of hydrogen-bond donors (Lipinski definition) is 0. The van der Waals surface area contributed by atoms with Crippen LogP contribution in [0.3, 0.4) is 0 Å². The standard InChI is InChI=1S/C18H22O8/c1-4-15(19)23-10-7-8-14(9-11-24-16(20)5-2)18(22)26-13-12-25-17(21)6-3/h4-6,8H,1-3,7,9-13H2. The fourth-order valence-electron chi connectivity index (χ4n) is 1.49. The SMILES string of the molecule is C=CC(=O)OCCC=C(CCOC(=O)C=C)C(=O)OCCOC(=O)C=C. The lowest BCUT2D eigenvalue weighted by molar-refractivity contribution is -0.147. The first-order valence-corrected chi connectivity index (χ1v) is 7.68. The molecule has 0 saturated carbocycles. The lowest BCUT2D eigenvalue weighted by atomic mass is 10.1. The van der Waals surface area contributed by atoms with Gasteiger partial charge in [0, 0.05) is 36.6 Å². The highest BCUT2D eigenvalue weighted by atomic mass is 16.6. The van der Waals surface area contributed by atoms with Gasteiger partial charge >= 0.3 is 23.9 Å². The van der Waals surface area contributed by atoms with Crippen LogP contribution in [-0.2, 0) is 38.1 Å². The van der Waals surface area contributed by atoms with Crippen molar-refractivity contribution in [2.24, 2.45) is 0 Å². The van der Waals surface area contributed by atoms with Gasteiger partial charge in [-0.3, -0.25) is 0 Å². The molecule has 0 aliphatic heterocycles. The third-order valence-corrected chi connectivity index (χ3v) is 2.69. The van der Waals surface area contributed by atoms with Crippen LogP contribution >= 0.6 is 0 Å². The first-order valence-electron chi connectivity index (χ1n) is 7.68. The average Bonchev–Trinajstić information content (AvgIpc) is 2.65. The minimum atomic E-state index is -0.663. The Morgan fingerprint density at radius 3 is 1.65 bits per heavy atom. The molecule has 0 unspecified atom stereocenters. The number of carbonyl (C=O) groups is 4. The molecule has 0 fully saturated rings. The predicted octanol–water partition coefficient (Wildman–Crippen LogP) is 1.42. The van der Waals surface area contributed by atoms with Crippen molar-refractivity contribution in [3.05, 3.63) is 49.6 Å². The first kappa shape index (κ1) is 22.8. The van der Waals surface area contributed by atoms with E-state index in [9.17, 15) is 19.2 Å². The van der Waals surface area contributed by atoms with E-state index >= 15 is 0 Å². The van der Waals surface area contributed by atoms with Gasteiger partial charge < -0.3 is 18.9 Å². The highest BCUT2D eigenvalue weighted by Crippen LogP contribution is 2.07. The number of rotatable bonds is 13. The molecule has 26 heavy (non-hydrogen) atoms. The predicted molar refractivity (Wildman–Crippen MR) is 91.7 cm³/mol. The van der Waals surface area contributed by atoms with Crippen LogP contribution in [0.4, 0.5) is 0 Å². The summed E-state index contributed by atoms with van der Waals surface area (Å²) in [5, 5.41) is 0. The van der Waals surface area contributed by atoms with E-state index in [1.165, 1.54) is 6.08 Å². The zero-order valence-electron chi connectivity index (χ0n) is 14.4. The quantitative estimate of drug-likeness (QED) is 0.209. The van der Waals surface area contributed by atoms with Crippen LogP contribution in [0.15, 0.2) is 49.6 Å². The Hall–Kier alpha value is -3.16. The van der Waals surface area contributed by atoms with Gasteiger partial charge in [0.2, 0.25) is 0 Å². The van der Waals surface area contributed by atoms with Gasteiger partial charge in [-0.2, -0.15) is 0 Å². The van der Waals surface area contributed by atoms with E-state index < -0.39 is 23.9 Å². The Bertz CT molecular complexity index is 574. The minimum absolute atomic E-state index is 0.0467. The van der Waals surface area contributed by atoms with Gasteiger partial charge in [-0.25, -0.2) is 19.2 Å². The van der Waals surface area contributed by atoms with Crippen molar-refractivity contribution < 1.29 is 38.1 Å². The van der Waals surface area contributed by atoms with Crippen molar-refractivity contribution in [1.82, 2.24) is 0 Å². The zero-order chi connectivity index (χ0) is 19.8. The summed E-state index contributed by atoms with van der Waals surface area (Å²) in [7, 11) is 0. The summed E-state index contributed by atoms with van der Waals surface area (Å²) in [6, 6.07) is 0. The van der Waals surface area contributed by atoms with E-state index in [0.717, 1.165) is 18.2 Å². The van der Waals surface area contributed by atoms with Crippen LogP contribution in [0, 0.1) is 0 Å². The number of carbonyl (C=O) groups excluding carboxylic acids is 4. The fraction of sp³-hybridized carbons (Fsp3) is 0.333. The zero-order valence-corrected chi connectivity index (χ0v) is 14.4. The molecule has 8 heteroatoms. The first-order chi connectivity index (χ1) is 12.4. The fourth-order valence-corrected chi connectivity index (χ4v) is 1.49. The second kappa shape index (κ2) is 14.2. The summed E-state index contributed by atoms with van der Waals surface area (Å²) in [5.41, 5.74) is 0.228. The second-order valence-electron chi connectivity index (χ2n) is 4.52. The average molecular weight is 366 g/mol. The molecule has 8 nitrogen and oxygen atoms in total. The molecule has 0 radical (unpaired) electrons. The van der Waals surface area contributed by atoms with Crippen LogP contribution in [0.1, 0.15) is 12.8 Å². The van der Waals surface area contributed by atoms with E-state index in [1.54, 1.807) is 0 Å². The Morgan fingerprint density at radius 1 is 0.654 bits per heavy atom. The van der Waals surface area contributed by atoms with Crippen LogP contribution < -0.4 is 0 Å². The van der Waals surface area contributed by atoms with Gasteiger partial charge in [0.1, 0.15) is 13.2 Å². The molecular formula is C18H22O8. The second-order valence-corrected chi connectivity index (χ2v) is 4.52. The molecule has 0 aromatic heterocycles. The summed E-state index contributed by atoms with van der Waals surface area (Å²) in [6.07, 6.45) is 4.88. The lowest BCUT2D eigenvalue weighted by Crippen LogP contribution is -2.16. The normalized spacial score (nSPS) is 10.2. The molecule has 0 saturated heterocycles. The maximum atomic E-state index is 12.1. The highest BCUT2D eigenvalue weighted by molar-refractivity contribution is 5.88. The molecule has 0 spiro atoms. The summed E-state index contributed by atoms with van der Waals surface area (Å²) in [6.45, 7) is 9.50. The van der Waals surface area contributed by atoms with E-state index in [2.05, 4.69) is 24.5 Å². The molecule has 142 valence electrons. The highest BCUT2D eigenvalue weighted by Gasteiger charge is 2.12. The van der Waals surface area contributed by atoms with E-state index in [-0.39, 0.29) is 44.8 Å². The van der Waals surface area contributed by atoms with Gasteiger partial charge in [0.05, 0.1) is 13.2 Å². The maximum absolute atomic E-state index is 12.1. The largest absolute Gasteiger partial charge is 0.462 e. The third kappa shape index (κ3) is 11.4. The van der Waals surface area contributed by atoms with Crippen molar-refractivity contribution in [3.63, 3.8) is 0 Å². The summed E-state index contributed by atoms with van der Waals surface area (Å²) in [4.78, 5) is 44.9. The van der Waals surface area contributed by atoms with E-state index in [4.69, 9.17) is 14.2 Å². The molecule has 0 atom stereocenters.